The van der Waals surface area contributed by atoms with Crippen LogP contribution in [0.4, 0.5) is 32.0 Å². The molecular weight excluding hydrogens is 498 g/mol. The molecule has 1 aliphatic heterocycles. The number of halogens is 7. The lowest BCUT2D eigenvalue weighted by molar-refractivity contribution is -0.137. The zero-order valence-corrected chi connectivity index (χ0v) is 18.5. The molecule has 2 aromatic rings. The number of hydrogen-bond donors (Lipinski definition) is 1. The Morgan fingerprint density at radius 2 is 1.94 bits per heavy atom. The first-order valence-corrected chi connectivity index (χ1v) is 11.4. The number of allylic oxidation sites excluding steroid dienone is 1. The molecule has 6 nitrogen and oxygen atoms in total. The summed E-state index contributed by atoms with van der Waals surface area (Å²) in [7, 11) is -5.81. The second kappa shape index (κ2) is 9.18. The van der Waals surface area contributed by atoms with Crippen molar-refractivity contribution in [1.29, 1.82) is 0 Å². The molecule has 3 rings (SSSR count). The molecule has 14 heteroatoms. The Balaban J connectivity index is 2.18. The monoisotopic (exact) mass is 516 g/mol. The van der Waals surface area contributed by atoms with E-state index in [4.69, 9.17) is 11.6 Å². The van der Waals surface area contributed by atoms with Gasteiger partial charge in [-0.15, -0.1) is 6.58 Å². The number of anilines is 1. The molecule has 0 bridgehead atoms. The van der Waals surface area contributed by atoms with Crippen LogP contribution in [-0.4, -0.2) is 40.8 Å². The molecule has 0 fully saturated rings. The van der Waals surface area contributed by atoms with Gasteiger partial charge in [-0.05, 0) is 36.6 Å². The van der Waals surface area contributed by atoms with Crippen LogP contribution in [0.1, 0.15) is 29.7 Å². The van der Waals surface area contributed by atoms with Gasteiger partial charge >= 0.3 is 21.7 Å². The molecule has 1 aromatic heterocycles. The van der Waals surface area contributed by atoms with Gasteiger partial charge in [-0.2, -0.15) is 30.6 Å². The van der Waals surface area contributed by atoms with E-state index in [1.165, 1.54) is 12.4 Å². The van der Waals surface area contributed by atoms with E-state index in [9.17, 15) is 34.8 Å². The Bertz CT molecular complexity index is 1120. The van der Waals surface area contributed by atoms with Gasteiger partial charge in [0.15, 0.2) is 5.15 Å². The van der Waals surface area contributed by atoms with E-state index in [0.717, 1.165) is 12.1 Å². The van der Waals surface area contributed by atoms with Crippen molar-refractivity contribution in [2.75, 3.05) is 11.4 Å². The lowest BCUT2D eigenvalue weighted by Crippen LogP contribution is -2.46. The highest BCUT2D eigenvalue weighted by atomic mass is 35.5. The van der Waals surface area contributed by atoms with E-state index in [1.807, 2.05) is 0 Å². The Kier molecular flexibility index (Phi) is 7.06. The van der Waals surface area contributed by atoms with E-state index in [-0.39, 0.29) is 33.7 Å². The molecule has 0 saturated heterocycles. The average molecular weight is 517 g/mol. The summed E-state index contributed by atoms with van der Waals surface area (Å²) in [5, 5.41) is 0.0787. The highest BCUT2D eigenvalue weighted by Gasteiger charge is 2.51. The molecule has 0 spiro atoms. The van der Waals surface area contributed by atoms with Crippen LogP contribution in [0, 0.1) is 0 Å². The number of benzene rings is 1. The lowest BCUT2D eigenvalue weighted by atomic mass is 10.0. The summed E-state index contributed by atoms with van der Waals surface area (Å²) in [6, 6.07) is 1.79. The van der Waals surface area contributed by atoms with Crippen LogP contribution in [-0.2, 0) is 29.3 Å². The zero-order chi connectivity index (χ0) is 24.6. The van der Waals surface area contributed by atoms with Crippen molar-refractivity contribution in [3.8, 4) is 0 Å². The van der Waals surface area contributed by atoms with E-state index in [1.54, 1.807) is 4.90 Å². The van der Waals surface area contributed by atoms with Crippen molar-refractivity contribution in [3.63, 3.8) is 0 Å². The molecule has 0 saturated carbocycles. The van der Waals surface area contributed by atoms with Gasteiger partial charge in [0.05, 0.1) is 24.1 Å². The van der Waals surface area contributed by atoms with Crippen molar-refractivity contribution < 1.29 is 34.8 Å². The van der Waals surface area contributed by atoms with Crippen LogP contribution in [0.25, 0.3) is 0 Å². The molecule has 0 amide bonds. The van der Waals surface area contributed by atoms with Crippen molar-refractivity contribution in [1.82, 2.24) is 14.3 Å². The quantitative estimate of drug-likeness (QED) is 0.429. The van der Waals surface area contributed by atoms with Crippen LogP contribution in [0.2, 0.25) is 5.15 Å². The maximum absolute atomic E-state index is 13.4. The highest BCUT2D eigenvalue weighted by Crippen LogP contribution is 2.39. The summed E-state index contributed by atoms with van der Waals surface area (Å²) in [5.74, 6) is 0. The molecule has 1 atom stereocenters. The summed E-state index contributed by atoms with van der Waals surface area (Å²) in [5.41, 5.74) is -6.38. The SMILES string of the molecule is C=CCCC1CN(S(=O)(=O)C(F)(F)F)Cc2cc(C(F)(F)F)ccc2N1Cc1[nH]cnc1Cl. The smallest absolute Gasteiger partial charge is 0.361 e. The molecule has 33 heavy (non-hydrogen) atoms. The van der Waals surface area contributed by atoms with Gasteiger partial charge in [0, 0.05) is 24.8 Å². The van der Waals surface area contributed by atoms with E-state index < -0.39 is 46.4 Å². The van der Waals surface area contributed by atoms with Crippen LogP contribution in [0.5, 0.6) is 0 Å². The van der Waals surface area contributed by atoms with E-state index in [2.05, 4.69) is 16.5 Å². The summed E-state index contributed by atoms with van der Waals surface area (Å²) in [6.07, 6.45) is -1.44. The van der Waals surface area contributed by atoms with Crippen molar-refractivity contribution in [2.24, 2.45) is 0 Å². The molecule has 182 valence electrons. The normalized spacial score (nSPS) is 18.2. The first kappa shape index (κ1) is 25.4. The van der Waals surface area contributed by atoms with Crippen LogP contribution >= 0.6 is 11.6 Å². The summed E-state index contributed by atoms with van der Waals surface area (Å²) < 4.78 is 105. The molecular formula is C19H19ClF6N4O2S. The highest BCUT2D eigenvalue weighted by molar-refractivity contribution is 7.89. The Morgan fingerprint density at radius 1 is 1.24 bits per heavy atom. The number of aromatic nitrogens is 2. The minimum Gasteiger partial charge on any atom is -0.361 e. The Hall–Kier alpha value is -2.25. The van der Waals surface area contributed by atoms with E-state index >= 15 is 0 Å². The van der Waals surface area contributed by atoms with Gasteiger partial charge in [0.2, 0.25) is 0 Å². The van der Waals surface area contributed by atoms with Gasteiger partial charge in [-0.25, -0.2) is 13.4 Å². The van der Waals surface area contributed by atoms with Gasteiger partial charge in [0.1, 0.15) is 0 Å². The third-order valence-corrected chi connectivity index (χ3v) is 7.12. The number of aromatic amines is 1. The maximum atomic E-state index is 13.4. The number of rotatable bonds is 6. The maximum Gasteiger partial charge on any atom is 0.511 e. The molecule has 2 heterocycles. The third-order valence-electron chi connectivity index (χ3n) is 5.25. The van der Waals surface area contributed by atoms with Crippen LogP contribution < -0.4 is 4.90 Å². The predicted molar refractivity (Wildman–Crippen MR) is 110 cm³/mol. The van der Waals surface area contributed by atoms with Gasteiger partial charge < -0.3 is 9.88 Å². The van der Waals surface area contributed by atoms with Crippen molar-refractivity contribution in [3.05, 3.63) is 59.2 Å². The molecule has 0 radical (unpaired) electrons. The fourth-order valence-corrected chi connectivity index (χ4v) is 4.77. The third kappa shape index (κ3) is 5.30. The number of nitrogens with zero attached hydrogens (tertiary/aromatic N) is 3. The second-order valence-electron chi connectivity index (χ2n) is 7.40. The number of nitrogens with one attached hydrogen (secondary N) is 1. The van der Waals surface area contributed by atoms with Gasteiger partial charge in [-0.1, -0.05) is 17.7 Å². The number of imidazole rings is 1. The second-order valence-corrected chi connectivity index (χ2v) is 9.69. The van der Waals surface area contributed by atoms with Crippen LogP contribution in [0.15, 0.2) is 37.2 Å². The van der Waals surface area contributed by atoms with Gasteiger partial charge in [-0.3, -0.25) is 0 Å². The molecule has 1 aromatic carbocycles. The number of sulfonamides is 1. The summed E-state index contributed by atoms with van der Waals surface area (Å²) >= 11 is 6.04. The topological polar surface area (TPSA) is 69.3 Å². The fourth-order valence-electron chi connectivity index (χ4n) is 3.64. The molecule has 1 aliphatic rings. The average Bonchev–Trinajstić information content (AvgIpc) is 3.03. The summed E-state index contributed by atoms with van der Waals surface area (Å²) in [6.45, 7) is 2.06. The minimum absolute atomic E-state index is 0.0427. The number of alkyl halides is 6. The minimum atomic E-state index is -5.81. The number of H-pyrrole nitrogens is 1. The Morgan fingerprint density at radius 3 is 2.48 bits per heavy atom. The molecule has 0 aliphatic carbocycles. The number of fused-ring (bicyclic) bond motifs is 1. The predicted octanol–water partition coefficient (Wildman–Crippen LogP) is 5.09. The van der Waals surface area contributed by atoms with Gasteiger partial charge in [0.25, 0.3) is 0 Å². The van der Waals surface area contributed by atoms with E-state index in [0.29, 0.717) is 18.2 Å². The first-order chi connectivity index (χ1) is 15.3. The Labute approximate surface area is 190 Å². The standard InChI is InChI=1S/C19H19ClF6N4O2S/c1-2-3-4-14-9-29(33(31,32)19(24,25)26)8-12-7-13(18(21,22)23)5-6-16(12)30(14)10-15-17(20)28-11-27-15/h2,5-7,11,14H,1,3-4,8-10H2,(H,27,28). The number of hydrogen-bond acceptors (Lipinski definition) is 4. The summed E-state index contributed by atoms with van der Waals surface area (Å²) in [4.78, 5) is 8.18. The van der Waals surface area contributed by atoms with Crippen molar-refractivity contribution in [2.45, 2.75) is 43.7 Å². The fraction of sp³-hybridized carbons (Fsp3) is 0.421. The zero-order valence-electron chi connectivity index (χ0n) is 16.9. The largest absolute Gasteiger partial charge is 0.511 e. The molecule has 1 N–H and O–H groups in total. The van der Waals surface area contributed by atoms with Crippen LogP contribution in [0.3, 0.4) is 0 Å². The molecule has 1 unspecified atom stereocenters. The first-order valence-electron chi connectivity index (χ1n) is 9.57. The van der Waals surface area contributed by atoms with Crippen molar-refractivity contribution >= 4 is 27.3 Å². The lowest BCUT2D eigenvalue weighted by Gasteiger charge is -2.34.